The van der Waals surface area contributed by atoms with E-state index in [0.717, 1.165) is 108 Å². The van der Waals surface area contributed by atoms with Crippen molar-refractivity contribution in [3.63, 3.8) is 0 Å². The second kappa shape index (κ2) is 78.0. The summed E-state index contributed by atoms with van der Waals surface area (Å²) in [5.41, 5.74) is 0. The van der Waals surface area contributed by atoms with Crippen molar-refractivity contribution < 1.29 is 80.2 Å². The molecule has 3 N–H and O–H groups in total. The van der Waals surface area contributed by atoms with Gasteiger partial charge in [-0.3, -0.25) is 37.3 Å². The van der Waals surface area contributed by atoms with Crippen molar-refractivity contribution in [1.82, 2.24) is 0 Å². The van der Waals surface area contributed by atoms with Gasteiger partial charge in [-0.2, -0.15) is 0 Å². The van der Waals surface area contributed by atoms with Gasteiger partial charge >= 0.3 is 39.5 Å². The standard InChI is InChI=1S/C88H172O17P2/c1-8-10-11-12-13-14-15-26-33-41-48-55-62-69-85(90)98-76-84(105-88(93)72-65-58-51-44-37-36-39-46-53-60-67-80(5)6)78-103-107(96,97)101-74-82(89)73-100-106(94,95)102-77-83(75-99-86(91)70-63-56-49-42-34-29-24-21-20-22-27-31-38-45-52-59-66-79(3)4)104-87(92)71-64-57-50-43-35-30-25-19-17-16-18-23-28-32-40-47-54-61-68-81(7)9-2/h79-84,89H,8-78H2,1-7H3,(H,94,95)(H,96,97)/t81?,82-,83-,84-/m1/s1. The van der Waals surface area contributed by atoms with Crippen molar-refractivity contribution in [2.24, 2.45) is 17.8 Å². The lowest BCUT2D eigenvalue weighted by Gasteiger charge is -2.21. The molecule has 0 fully saturated rings. The van der Waals surface area contributed by atoms with Crippen molar-refractivity contribution in [2.75, 3.05) is 39.6 Å². The third kappa shape index (κ3) is 80.5. The summed E-state index contributed by atoms with van der Waals surface area (Å²) in [5.74, 6) is 0.334. The Morgan fingerprint density at radius 3 is 0.710 bits per heavy atom. The van der Waals surface area contributed by atoms with E-state index in [2.05, 4.69) is 48.5 Å². The zero-order valence-electron chi connectivity index (χ0n) is 70.6. The predicted molar refractivity (Wildman–Crippen MR) is 441 cm³/mol. The van der Waals surface area contributed by atoms with E-state index < -0.39 is 97.5 Å². The van der Waals surface area contributed by atoms with Crippen molar-refractivity contribution in [2.45, 2.75) is 484 Å². The second-order valence-electron chi connectivity index (χ2n) is 32.8. The summed E-state index contributed by atoms with van der Waals surface area (Å²) in [7, 11) is -9.93. The van der Waals surface area contributed by atoms with Crippen molar-refractivity contribution in [1.29, 1.82) is 0 Å². The fourth-order valence-electron chi connectivity index (χ4n) is 13.7. The van der Waals surface area contributed by atoms with E-state index in [4.69, 9.17) is 37.0 Å². The smallest absolute Gasteiger partial charge is 0.462 e. The average molecular weight is 1560 g/mol. The molecule has 6 atom stereocenters. The van der Waals surface area contributed by atoms with Gasteiger partial charge in [0.05, 0.1) is 26.4 Å². The molecular weight excluding hydrogens is 1390 g/mol. The number of aliphatic hydroxyl groups is 1. The molecule has 0 amide bonds. The Balaban J connectivity index is 5.24. The molecule has 0 aromatic heterocycles. The number of phosphoric acid groups is 2. The predicted octanol–water partition coefficient (Wildman–Crippen LogP) is 26.9. The highest BCUT2D eigenvalue weighted by Gasteiger charge is 2.31. The Labute approximate surface area is 658 Å². The number of ether oxygens (including phenoxy) is 4. The minimum Gasteiger partial charge on any atom is -0.462 e. The number of rotatable bonds is 86. The van der Waals surface area contributed by atoms with Gasteiger partial charge in [0.2, 0.25) is 0 Å². The van der Waals surface area contributed by atoms with E-state index in [1.807, 2.05) is 0 Å². The molecular formula is C88H172O17P2. The van der Waals surface area contributed by atoms with Crippen molar-refractivity contribution in [3.8, 4) is 0 Å². The molecule has 0 radical (unpaired) electrons. The van der Waals surface area contributed by atoms with Gasteiger partial charge in [-0.15, -0.1) is 0 Å². The number of unbranched alkanes of at least 4 members (excludes halogenated alkanes) is 53. The molecule has 0 aliphatic heterocycles. The molecule has 0 spiro atoms. The van der Waals surface area contributed by atoms with Crippen LogP contribution in [-0.2, 0) is 65.4 Å². The van der Waals surface area contributed by atoms with Crippen LogP contribution in [0.1, 0.15) is 466 Å². The molecule has 107 heavy (non-hydrogen) atoms. The maximum absolute atomic E-state index is 13.2. The summed E-state index contributed by atoms with van der Waals surface area (Å²) in [6.07, 6.45) is 69.4. The maximum Gasteiger partial charge on any atom is 0.472 e. The van der Waals surface area contributed by atoms with E-state index in [1.54, 1.807) is 0 Å². The Morgan fingerprint density at radius 2 is 0.477 bits per heavy atom. The summed E-state index contributed by atoms with van der Waals surface area (Å²) >= 11 is 0. The molecule has 0 aliphatic rings. The molecule has 0 aromatic carbocycles. The Kier molecular flexibility index (Phi) is 76.6. The highest BCUT2D eigenvalue weighted by molar-refractivity contribution is 7.47. The van der Waals surface area contributed by atoms with Crippen molar-refractivity contribution >= 4 is 39.5 Å². The summed E-state index contributed by atoms with van der Waals surface area (Å²) in [6, 6.07) is 0. The van der Waals surface area contributed by atoms with E-state index in [9.17, 15) is 43.2 Å². The van der Waals surface area contributed by atoms with Crippen LogP contribution in [0.15, 0.2) is 0 Å². The largest absolute Gasteiger partial charge is 0.472 e. The molecule has 0 saturated heterocycles. The van der Waals surface area contributed by atoms with Gasteiger partial charge in [-0.05, 0) is 43.4 Å². The topological polar surface area (TPSA) is 237 Å². The highest BCUT2D eigenvalue weighted by atomic mass is 31.2. The normalized spacial score (nSPS) is 14.1. The molecule has 0 rings (SSSR count). The minimum atomic E-state index is -4.97. The summed E-state index contributed by atoms with van der Waals surface area (Å²) in [4.78, 5) is 73.3. The van der Waals surface area contributed by atoms with Crippen LogP contribution in [-0.4, -0.2) is 96.7 Å². The van der Waals surface area contributed by atoms with Crippen LogP contribution in [0.3, 0.4) is 0 Å². The SMILES string of the molecule is CCCCCCCCCCCCCCCC(=O)OC[C@H](COP(=O)(O)OC[C@H](O)COP(=O)(O)OC[C@@H](COC(=O)CCCCCCCCCCCCCCCCCCC(C)C)OC(=O)CCCCCCCCCCCCCCCCCCCCC(C)CC)OC(=O)CCCCCCCCCCCCC(C)C. The van der Waals surface area contributed by atoms with Crippen LogP contribution in [0.5, 0.6) is 0 Å². The number of aliphatic hydroxyl groups excluding tert-OH is 1. The zero-order valence-corrected chi connectivity index (χ0v) is 72.4. The number of phosphoric ester groups is 2. The lowest BCUT2D eigenvalue weighted by Crippen LogP contribution is -2.30. The van der Waals surface area contributed by atoms with Gasteiger partial charge < -0.3 is 33.8 Å². The lowest BCUT2D eigenvalue weighted by molar-refractivity contribution is -0.161. The lowest BCUT2D eigenvalue weighted by atomic mass is 9.99. The fourth-order valence-corrected chi connectivity index (χ4v) is 15.3. The van der Waals surface area contributed by atoms with Crippen LogP contribution >= 0.6 is 15.6 Å². The van der Waals surface area contributed by atoms with Crippen LogP contribution < -0.4 is 0 Å². The van der Waals surface area contributed by atoms with E-state index in [0.29, 0.717) is 25.7 Å². The Bertz CT molecular complexity index is 2060. The summed E-state index contributed by atoms with van der Waals surface area (Å²) in [6.45, 7) is 12.1. The number of esters is 4. The molecule has 0 heterocycles. The third-order valence-electron chi connectivity index (χ3n) is 21.0. The molecule has 3 unspecified atom stereocenters. The Hall–Kier alpha value is -1.94. The van der Waals surface area contributed by atoms with Crippen LogP contribution in [0.25, 0.3) is 0 Å². The fraction of sp³-hybridized carbons (Fsp3) is 0.955. The van der Waals surface area contributed by atoms with Gasteiger partial charge in [0, 0.05) is 25.7 Å². The number of hydrogen-bond acceptors (Lipinski definition) is 15. The molecule has 636 valence electrons. The molecule has 0 bridgehead atoms. The molecule has 0 saturated carbocycles. The number of carbonyl (C=O) groups excluding carboxylic acids is 4. The van der Waals surface area contributed by atoms with Gasteiger partial charge in [0.1, 0.15) is 19.3 Å². The third-order valence-corrected chi connectivity index (χ3v) is 22.9. The molecule has 0 aromatic rings. The molecule has 19 heteroatoms. The first kappa shape index (κ1) is 105. The van der Waals surface area contributed by atoms with E-state index >= 15 is 0 Å². The maximum atomic E-state index is 13.2. The quantitative estimate of drug-likeness (QED) is 0.0222. The van der Waals surface area contributed by atoms with E-state index in [1.165, 1.54) is 276 Å². The van der Waals surface area contributed by atoms with Gasteiger partial charge in [0.15, 0.2) is 12.2 Å². The average Bonchev–Trinajstić information content (AvgIpc) is 0.905. The zero-order chi connectivity index (χ0) is 78.6. The molecule has 0 aliphatic carbocycles. The van der Waals surface area contributed by atoms with Gasteiger partial charge in [-0.1, -0.05) is 414 Å². The first-order valence-corrected chi connectivity index (χ1v) is 48.4. The van der Waals surface area contributed by atoms with Gasteiger partial charge in [-0.25, -0.2) is 9.13 Å². The summed E-state index contributed by atoms with van der Waals surface area (Å²) < 4.78 is 69.0. The van der Waals surface area contributed by atoms with Crippen LogP contribution in [0.2, 0.25) is 0 Å². The monoisotopic (exact) mass is 1560 g/mol. The Morgan fingerprint density at radius 1 is 0.271 bits per heavy atom. The molecule has 17 nitrogen and oxygen atoms in total. The van der Waals surface area contributed by atoms with Crippen LogP contribution in [0, 0.1) is 17.8 Å². The minimum absolute atomic E-state index is 0.107. The number of hydrogen-bond donors (Lipinski definition) is 3. The first-order valence-electron chi connectivity index (χ1n) is 45.4. The van der Waals surface area contributed by atoms with Gasteiger partial charge in [0.25, 0.3) is 0 Å². The van der Waals surface area contributed by atoms with E-state index in [-0.39, 0.29) is 25.7 Å². The second-order valence-corrected chi connectivity index (χ2v) is 35.7. The first-order chi connectivity index (χ1) is 51.8. The van der Waals surface area contributed by atoms with Crippen molar-refractivity contribution in [3.05, 3.63) is 0 Å². The number of carbonyl (C=O) groups is 4. The summed E-state index contributed by atoms with van der Waals surface area (Å²) in [5, 5.41) is 10.7. The highest BCUT2D eigenvalue weighted by Crippen LogP contribution is 2.45. The van der Waals surface area contributed by atoms with Crippen LogP contribution in [0.4, 0.5) is 0 Å².